The Morgan fingerprint density at radius 2 is 1.68 bits per heavy atom. The van der Waals surface area contributed by atoms with Crippen molar-refractivity contribution in [3.63, 3.8) is 0 Å². The first-order valence-corrected chi connectivity index (χ1v) is 13.9. The van der Waals surface area contributed by atoms with Crippen molar-refractivity contribution in [1.29, 1.82) is 0 Å². The molecule has 7 nitrogen and oxygen atoms in total. The predicted octanol–water partition coefficient (Wildman–Crippen LogP) is 4.61. The maximum Gasteiger partial charge on any atom is 0.256 e. The normalized spacial score (nSPS) is 17.6. The number of H-pyrrole nitrogens is 1. The van der Waals surface area contributed by atoms with Gasteiger partial charge in [-0.15, -0.1) is 0 Å². The highest BCUT2D eigenvalue weighted by Gasteiger charge is 2.31. The largest absolute Gasteiger partial charge is 0.497 e. The van der Waals surface area contributed by atoms with Crippen molar-refractivity contribution < 1.29 is 14.3 Å². The van der Waals surface area contributed by atoms with Gasteiger partial charge in [0.25, 0.3) is 5.91 Å². The molecule has 3 heterocycles. The number of amides is 2. The smallest absolute Gasteiger partial charge is 0.256 e. The molecule has 2 fully saturated rings. The van der Waals surface area contributed by atoms with Crippen molar-refractivity contribution in [2.45, 2.75) is 64.5 Å². The summed E-state index contributed by atoms with van der Waals surface area (Å²) >= 11 is 0. The van der Waals surface area contributed by atoms with Crippen LogP contribution in [-0.2, 0) is 11.2 Å². The molecule has 7 heteroatoms. The molecule has 2 N–H and O–H groups in total. The Morgan fingerprint density at radius 1 is 0.974 bits per heavy atom. The van der Waals surface area contributed by atoms with E-state index in [9.17, 15) is 9.59 Å². The maximum absolute atomic E-state index is 13.3. The second-order valence-corrected chi connectivity index (χ2v) is 11.0. The summed E-state index contributed by atoms with van der Waals surface area (Å²) in [6, 6.07) is 13.1. The molecule has 202 valence electrons. The highest BCUT2D eigenvalue weighted by atomic mass is 16.5. The predicted molar refractivity (Wildman–Crippen MR) is 151 cm³/mol. The Hall–Kier alpha value is -3.32. The van der Waals surface area contributed by atoms with Crippen LogP contribution in [0.1, 0.15) is 59.2 Å². The van der Waals surface area contributed by atoms with Gasteiger partial charge in [0, 0.05) is 61.8 Å². The number of likely N-dealkylation sites (tertiary alicyclic amines) is 2. The Kier molecular flexibility index (Phi) is 8.03. The van der Waals surface area contributed by atoms with E-state index in [-0.39, 0.29) is 17.9 Å². The number of benzene rings is 2. The number of carbonyl (C=O) groups is 2. The topological polar surface area (TPSA) is 77.7 Å². The number of nitrogens with one attached hydrogen (secondary N) is 2. The fraction of sp³-hybridized carbons (Fsp3) is 0.484. The molecule has 1 aromatic heterocycles. The number of rotatable bonds is 7. The van der Waals surface area contributed by atoms with Crippen LogP contribution in [-0.4, -0.2) is 72.0 Å². The molecule has 0 bridgehead atoms. The number of carbonyl (C=O) groups excluding carboxylic acids is 2. The zero-order valence-corrected chi connectivity index (χ0v) is 22.9. The van der Waals surface area contributed by atoms with Crippen LogP contribution >= 0.6 is 0 Å². The minimum Gasteiger partial charge on any atom is -0.497 e. The van der Waals surface area contributed by atoms with E-state index in [0.717, 1.165) is 74.9 Å². The average Bonchev–Trinajstić information content (AvgIpc) is 3.35. The van der Waals surface area contributed by atoms with E-state index in [0.29, 0.717) is 18.0 Å². The van der Waals surface area contributed by atoms with E-state index in [1.807, 2.05) is 29.3 Å². The number of hydrogen-bond acceptors (Lipinski definition) is 4. The number of piperidine rings is 2. The lowest BCUT2D eigenvalue weighted by Gasteiger charge is -2.42. The highest BCUT2D eigenvalue weighted by molar-refractivity contribution is 6.07. The number of fused-ring (bicyclic) bond motifs is 1. The lowest BCUT2D eigenvalue weighted by atomic mass is 9.97. The van der Waals surface area contributed by atoms with Gasteiger partial charge in [-0.2, -0.15) is 0 Å². The molecule has 0 saturated carbocycles. The molecule has 2 aliphatic heterocycles. The number of aromatic amines is 1. The number of ether oxygens (including phenoxy) is 1. The first-order chi connectivity index (χ1) is 18.4. The molecule has 38 heavy (non-hydrogen) atoms. The van der Waals surface area contributed by atoms with Gasteiger partial charge in [-0.25, -0.2) is 0 Å². The van der Waals surface area contributed by atoms with Gasteiger partial charge in [0.05, 0.1) is 12.7 Å². The molecule has 0 spiro atoms. The summed E-state index contributed by atoms with van der Waals surface area (Å²) in [4.78, 5) is 33.6. The van der Waals surface area contributed by atoms with E-state index in [2.05, 4.69) is 47.2 Å². The third-order valence-electron chi connectivity index (χ3n) is 8.20. The molecule has 0 radical (unpaired) electrons. The number of nitrogens with zero attached hydrogens (tertiary/aromatic N) is 2. The molecule has 2 aliphatic rings. The van der Waals surface area contributed by atoms with Crippen LogP contribution in [0.5, 0.6) is 5.75 Å². The van der Waals surface area contributed by atoms with Crippen molar-refractivity contribution in [3.8, 4) is 5.75 Å². The Labute approximate surface area is 225 Å². The van der Waals surface area contributed by atoms with E-state index in [1.165, 1.54) is 16.7 Å². The molecular formula is C31H40N4O3. The first-order valence-electron chi connectivity index (χ1n) is 13.9. The lowest BCUT2D eigenvalue weighted by Crippen LogP contribution is -2.51. The Balaban J connectivity index is 1.06. The molecule has 3 aromatic rings. The summed E-state index contributed by atoms with van der Waals surface area (Å²) in [6.07, 6.45) is 7.11. The van der Waals surface area contributed by atoms with E-state index >= 15 is 0 Å². The van der Waals surface area contributed by atoms with Crippen LogP contribution in [0.4, 0.5) is 0 Å². The SMILES string of the molecule is COc1ccc2[nH]cc(C(=O)N3CCC(N4CCC(NC(=O)CCc5cc(C)cc(C)c5)CC4)CC3)c2c1. The van der Waals surface area contributed by atoms with E-state index in [1.54, 1.807) is 7.11 Å². The summed E-state index contributed by atoms with van der Waals surface area (Å²) in [7, 11) is 1.64. The van der Waals surface area contributed by atoms with Crippen molar-refractivity contribution in [2.75, 3.05) is 33.3 Å². The monoisotopic (exact) mass is 516 g/mol. The molecule has 2 aromatic carbocycles. The quantitative estimate of drug-likeness (QED) is 0.481. The summed E-state index contributed by atoms with van der Waals surface area (Å²) in [5, 5.41) is 4.18. The van der Waals surface area contributed by atoms with Crippen molar-refractivity contribution in [3.05, 3.63) is 64.8 Å². The maximum atomic E-state index is 13.3. The molecule has 5 rings (SSSR count). The minimum atomic E-state index is 0.0881. The van der Waals surface area contributed by atoms with Crippen molar-refractivity contribution in [2.24, 2.45) is 0 Å². The van der Waals surface area contributed by atoms with E-state index < -0.39 is 0 Å². The van der Waals surface area contributed by atoms with Gasteiger partial charge in [0.15, 0.2) is 0 Å². The summed E-state index contributed by atoms with van der Waals surface area (Å²) in [5.74, 6) is 1.00. The summed E-state index contributed by atoms with van der Waals surface area (Å²) in [6.45, 7) is 7.76. The van der Waals surface area contributed by atoms with Gasteiger partial charge in [-0.05, 0) is 69.7 Å². The second kappa shape index (κ2) is 11.6. The van der Waals surface area contributed by atoms with Crippen molar-refractivity contribution in [1.82, 2.24) is 20.1 Å². The molecular weight excluding hydrogens is 476 g/mol. The van der Waals surface area contributed by atoms with Gasteiger partial charge >= 0.3 is 0 Å². The fourth-order valence-corrected chi connectivity index (χ4v) is 6.19. The van der Waals surface area contributed by atoms with Gasteiger partial charge < -0.3 is 24.8 Å². The van der Waals surface area contributed by atoms with Gasteiger partial charge in [-0.3, -0.25) is 9.59 Å². The van der Waals surface area contributed by atoms with Crippen molar-refractivity contribution >= 4 is 22.7 Å². The van der Waals surface area contributed by atoms with Crippen LogP contribution in [0.2, 0.25) is 0 Å². The first kappa shape index (κ1) is 26.3. The zero-order chi connectivity index (χ0) is 26.6. The zero-order valence-electron chi connectivity index (χ0n) is 22.9. The third kappa shape index (κ3) is 6.04. The second-order valence-electron chi connectivity index (χ2n) is 11.0. The van der Waals surface area contributed by atoms with Crippen LogP contribution < -0.4 is 10.1 Å². The summed E-state index contributed by atoms with van der Waals surface area (Å²) in [5.41, 5.74) is 5.40. The highest BCUT2D eigenvalue weighted by Crippen LogP contribution is 2.27. The van der Waals surface area contributed by atoms with Crippen LogP contribution in [0.25, 0.3) is 10.9 Å². The molecule has 0 aliphatic carbocycles. The molecule has 0 atom stereocenters. The lowest BCUT2D eigenvalue weighted by molar-refractivity contribution is -0.122. The van der Waals surface area contributed by atoms with Crippen LogP contribution in [0, 0.1) is 13.8 Å². The fourth-order valence-electron chi connectivity index (χ4n) is 6.19. The summed E-state index contributed by atoms with van der Waals surface area (Å²) < 4.78 is 5.35. The van der Waals surface area contributed by atoms with Crippen LogP contribution in [0.15, 0.2) is 42.6 Å². The Bertz CT molecular complexity index is 1260. The van der Waals surface area contributed by atoms with E-state index in [4.69, 9.17) is 4.74 Å². The van der Waals surface area contributed by atoms with Gasteiger partial charge in [-0.1, -0.05) is 29.3 Å². The molecule has 2 saturated heterocycles. The Morgan fingerprint density at radius 3 is 2.37 bits per heavy atom. The average molecular weight is 517 g/mol. The van der Waals surface area contributed by atoms with Crippen LogP contribution in [0.3, 0.4) is 0 Å². The third-order valence-corrected chi connectivity index (χ3v) is 8.20. The number of methoxy groups -OCH3 is 1. The minimum absolute atomic E-state index is 0.0881. The van der Waals surface area contributed by atoms with Gasteiger partial charge in [0.2, 0.25) is 5.91 Å². The number of aryl methyl sites for hydroxylation is 3. The molecule has 0 unspecified atom stereocenters. The standard InChI is InChI=1S/C31H40N4O3/c1-21-16-22(2)18-23(17-21)4-7-30(36)33-24-8-12-34(13-9-24)25-10-14-35(15-11-25)31(37)28-20-32-29-6-5-26(38-3)19-27(28)29/h5-6,16-20,24-25,32H,4,7-15H2,1-3H3,(H,33,36). The number of hydrogen-bond donors (Lipinski definition) is 2. The van der Waals surface area contributed by atoms with Gasteiger partial charge in [0.1, 0.15) is 5.75 Å². The molecule has 2 amide bonds. The number of aromatic nitrogens is 1.